The minimum Gasteiger partial charge on any atom is -0.434 e. The predicted octanol–water partition coefficient (Wildman–Crippen LogP) is 5.18. The first-order valence-corrected chi connectivity index (χ1v) is 9.78. The Kier molecular flexibility index (Phi) is 5.34. The molecular weight excluding hydrogens is 440 g/mol. The van der Waals surface area contributed by atoms with Crippen LogP contribution in [0.15, 0.2) is 40.9 Å². The molecule has 1 aromatic heterocycles. The molecule has 142 valence electrons. The average molecular weight is 457 g/mol. The Morgan fingerprint density at radius 2 is 2.19 bits per heavy atom. The molecule has 0 radical (unpaired) electrons. The number of alkyl halides is 2. The van der Waals surface area contributed by atoms with Crippen molar-refractivity contribution in [3.8, 4) is 5.75 Å². The van der Waals surface area contributed by atoms with E-state index in [2.05, 4.69) is 25.8 Å². The molecule has 0 aliphatic carbocycles. The summed E-state index contributed by atoms with van der Waals surface area (Å²) in [4.78, 5) is 4.81. The van der Waals surface area contributed by atoms with Gasteiger partial charge in [-0.15, -0.1) is 0 Å². The molecule has 1 aliphatic rings. The van der Waals surface area contributed by atoms with Crippen LogP contribution in [0.5, 0.6) is 5.75 Å². The molecule has 4 rings (SSSR count). The second-order valence-electron chi connectivity index (χ2n) is 6.47. The molecule has 4 nitrogen and oxygen atoms in total. The number of rotatable bonds is 5. The quantitative estimate of drug-likeness (QED) is 0.575. The summed E-state index contributed by atoms with van der Waals surface area (Å²) in [5.41, 5.74) is 2.36. The predicted molar refractivity (Wildman–Crippen MR) is 105 cm³/mol. The zero-order chi connectivity index (χ0) is 19.0. The number of hydrogen-bond donors (Lipinski definition) is 1. The van der Waals surface area contributed by atoms with Gasteiger partial charge >= 0.3 is 6.61 Å². The molecule has 3 aromatic rings. The Balaban J connectivity index is 1.84. The van der Waals surface area contributed by atoms with E-state index in [4.69, 9.17) is 21.3 Å². The highest BCUT2D eigenvalue weighted by Gasteiger charge is 2.25. The standard InChI is InChI=1S/C19H17BrClF2N3O/c20-14-2-1-3-17(27-19(22)23)13(14)10-26-16-8-12(21)4-5-15(16)25-18(26)11-6-7-24-9-11/h1-5,8,11,19,24H,6-7,9-10H2. The van der Waals surface area contributed by atoms with E-state index in [0.717, 1.165) is 36.4 Å². The maximum absolute atomic E-state index is 12.9. The van der Waals surface area contributed by atoms with E-state index in [1.54, 1.807) is 12.1 Å². The monoisotopic (exact) mass is 455 g/mol. The smallest absolute Gasteiger partial charge is 0.387 e. The molecule has 1 atom stereocenters. The number of nitrogens with one attached hydrogen (secondary N) is 1. The Hall–Kier alpha value is -1.70. The zero-order valence-electron chi connectivity index (χ0n) is 14.3. The Morgan fingerprint density at radius 1 is 1.33 bits per heavy atom. The lowest BCUT2D eigenvalue weighted by Gasteiger charge is -2.17. The molecule has 0 amide bonds. The fourth-order valence-electron chi connectivity index (χ4n) is 3.52. The van der Waals surface area contributed by atoms with E-state index >= 15 is 0 Å². The molecule has 1 saturated heterocycles. The highest BCUT2D eigenvalue weighted by atomic mass is 79.9. The van der Waals surface area contributed by atoms with Crippen LogP contribution >= 0.6 is 27.5 Å². The second-order valence-corrected chi connectivity index (χ2v) is 7.76. The molecular formula is C19H17BrClF2N3O. The van der Waals surface area contributed by atoms with Gasteiger partial charge in [0, 0.05) is 27.5 Å². The van der Waals surface area contributed by atoms with Crippen molar-refractivity contribution in [1.29, 1.82) is 0 Å². The first-order valence-electron chi connectivity index (χ1n) is 8.61. The maximum atomic E-state index is 12.9. The number of imidazole rings is 1. The van der Waals surface area contributed by atoms with Gasteiger partial charge in [-0.3, -0.25) is 0 Å². The molecule has 8 heteroatoms. The zero-order valence-corrected chi connectivity index (χ0v) is 16.6. The molecule has 1 fully saturated rings. The average Bonchev–Trinajstić information content (AvgIpc) is 3.25. The summed E-state index contributed by atoms with van der Waals surface area (Å²) in [5.74, 6) is 1.34. The largest absolute Gasteiger partial charge is 0.434 e. The Morgan fingerprint density at radius 3 is 2.93 bits per heavy atom. The second kappa shape index (κ2) is 7.73. The van der Waals surface area contributed by atoms with Gasteiger partial charge < -0.3 is 14.6 Å². The lowest BCUT2D eigenvalue weighted by molar-refractivity contribution is -0.0505. The van der Waals surface area contributed by atoms with Gasteiger partial charge in [-0.05, 0) is 43.3 Å². The molecule has 1 N–H and O–H groups in total. The fourth-order valence-corrected chi connectivity index (χ4v) is 4.16. The van der Waals surface area contributed by atoms with Crippen molar-refractivity contribution in [2.24, 2.45) is 0 Å². The summed E-state index contributed by atoms with van der Waals surface area (Å²) in [5, 5.41) is 3.96. The third-order valence-corrected chi connectivity index (χ3v) is 5.75. The summed E-state index contributed by atoms with van der Waals surface area (Å²) < 4.78 is 33.2. The third kappa shape index (κ3) is 3.81. The summed E-state index contributed by atoms with van der Waals surface area (Å²) in [6.07, 6.45) is 0.980. The van der Waals surface area contributed by atoms with Gasteiger partial charge in [0.2, 0.25) is 0 Å². The summed E-state index contributed by atoms with van der Waals surface area (Å²) in [7, 11) is 0. The summed E-state index contributed by atoms with van der Waals surface area (Å²) >= 11 is 9.68. The number of hydrogen-bond acceptors (Lipinski definition) is 3. The minimum absolute atomic E-state index is 0.152. The van der Waals surface area contributed by atoms with Gasteiger partial charge in [0.25, 0.3) is 0 Å². The van der Waals surface area contributed by atoms with Crippen molar-refractivity contribution in [1.82, 2.24) is 14.9 Å². The molecule has 2 heterocycles. The fraction of sp³-hybridized carbons (Fsp3) is 0.316. The van der Waals surface area contributed by atoms with Crippen molar-refractivity contribution < 1.29 is 13.5 Å². The van der Waals surface area contributed by atoms with Crippen molar-refractivity contribution in [3.05, 3.63) is 57.3 Å². The van der Waals surface area contributed by atoms with Crippen LogP contribution in [0.4, 0.5) is 8.78 Å². The van der Waals surface area contributed by atoms with Gasteiger partial charge in [-0.1, -0.05) is 33.6 Å². The lowest BCUT2D eigenvalue weighted by Crippen LogP contribution is -2.14. The first kappa shape index (κ1) is 18.7. The van der Waals surface area contributed by atoms with Gasteiger partial charge in [0.15, 0.2) is 0 Å². The topological polar surface area (TPSA) is 39.1 Å². The number of halogens is 4. The summed E-state index contributed by atoms with van der Waals surface area (Å²) in [6.45, 7) is -0.756. The normalized spacial score (nSPS) is 17.1. The van der Waals surface area contributed by atoms with E-state index in [-0.39, 0.29) is 11.7 Å². The molecule has 2 aromatic carbocycles. The van der Waals surface area contributed by atoms with Crippen LogP contribution in [-0.4, -0.2) is 29.3 Å². The molecule has 1 unspecified atom stereocenters. The molecule has 0 bridgehead atoms. The van der Waals surface area contributed by atoms with E-state index in [0.29, 0.717) is 21.6 Å². The van der Waals surface area contributed by atoms with Gasteiger partial charge in [0.1, 0.15) is 11.6 Å². The van der Waals surface area contributed by atoms with Crippen molar-refractivity contribution in [2.45, 2.75) is 25.5 Å². The van der Waals surface area contributed by atoms with E-state index in [1.165, 1.54) is 0 Å². The molecule has 27 heavy (non-hydrogen) atoms. The molecule has 0 spiro atoms. The van der Waals surface area contributed by atoms with E-state index < -0.39 is 6.61 Å². The third-order valence-electron chi connectivity index (χ3n) is 4.77. The number of nitrogens with zero attached hydrogens (tertiary/aromatic N) is 2. The number of benzene rings is 2. The molecule has 0 saturated carbocycles. The van der Waals surface area contributed by atoms with Crippen LogP contribution in [0.25, 0.3) is 11.0 Å². The number of fused-ring (bicyclic) bond motifs is 1. The highest BCUT2D eigenvalue weighted by Crippen LogP contribution is 2.33. The van der Waals surface area contributed by atoms with Crippen LogP contribution in [0.3, 0.4) is 0 Å². The van der Waals surface area contributed by atoms with Crippen LogP contribution < -0.4 is 10.1 Å². The van der Waals surface area contributed by atoms with Crippen molar-refractivity contribution in [3.63, 3.8) is 0 Å². The number of aromatic nitrogens is 2. The Labute approximate surface area is 168 Å². The first-order chi connectivity index (χ1) is 13.0. The van der Waals surface area contributed by atoms with Gasteiger partial charge in [-0.2, -0.15) is 8.78 Å². The van der Waals surface area contributed by atoms with Crippen LogP contribution in [0.1, 0.15) is 23.7 Å². The lowest BCUT2D eigenvalue weighted by atomic mass is 10.1. The highest BCUT2D eigenvalue weighted by molar-refractivity contribution is 9.10. The maximum Gasteiger partial charge on any atom is 0.387 e. The van der Waals surface area contributed by atoms with Crippen LogP contribution in [-0.2, 0) is 6.54 Å². The van der Waals surface area contributed by atoms with Gasteiger partial charge in [0.05, 0.1) is 17.6 Å². The van der Waals surface area contributed by atoms with E-state index in [9.17, 15) is 8.78 Å². The minimum atomic E-state index is -2.88. The van der Waals surface area contributed by atoms with E-state index in [1.807, 2.05) is 24.3 Å². The van der Waals surface area contributed by atoms with Crippen molar-refractivity contribution >= 4 is 38.6 Å². The van der Waals surface area contributed by atoms with Crippen LogP contribution in [0, 0.1) is 0 Å². The SMILES string of the molecule is FC(F)Oc1cccc(Br)c1Cn1c(C2CCNC2)nc2ccc(Cl)cc21. The van der Waals surface area contributed by atoms with Crippen LogP contribution in [0.2, 0.25) is 5.02 Å². The number of ether oxygens (including phenoxy) is 1. The van der Waals surface area contributed by atoms with Crippen molar-refractivity contribution in [2.75, 3.05) is 13.1 Å². The molecule has 1 aliphatic heterocycles. The summed E-state index contributed by atoms with van der Waals surface area (Å²) in [6, 6.07) is 10.6. The van der Waals surface area contributed by atoms with Gasteiger partial charge in [-0.25, -0.2) is 4.98 Å². The Bertz CT molecular complexity index is 973.